The van der Waals surface area contributed by atoms with E-state index < -0.39 is 11.8 Å². The van der Waals surface area contributed by atoms with Crippen LogP contribution in [0.4, 0.5) is 0 Å². The number of nitrogens with one attached hydrogen (secondary N) is 2. The number of benzene rings is 2. The van der Waals surface area contributed by atoms with Gasteiger partial charge in [-0.3, -0.25) is 9.59 Å². The van der Waals surface area contributed by atoms with E-state index in [0.717, 1.165) is 17.7 Å². The van der Waals surface area contributed by atoms with Crippen molar-refractivity contribution in [3.05, 3.63) is 89.5 Å². The van der Waals surface area contributed by atoms with E-state index in [1.807, 2.05) is 24.3 Å². The van der Waals surface area contributed by atoms with Crippen molar-refractivity contribution in [1.29, 1.82) is 0 Å². The number of para-hydroxylation sites is 1. The maximum Gasteiger partial charge on any atom is 0.267 e. The molecule has 0 aliphatic carbocycles. The summed E-state index contributed by atoms with van der Waals surface area (Å²) < 4.78 is 15.8. The highest BCUT2D eigenvalue weighted by Gasteiger charge is 2.15. The summed E-state index contributed by atoms with van der Waals surface area (Å²) in [4.78, 5) is 25.4. The van der Waals surface area contributed by atoms with Crippen molar-refractivity contribution in [3.63, 3.8) is 0 Å². The highest BCUT2D eigenvalue weighted by molar-refractivity contribution is 6.05. The Labute approximate surface area is 187 Å². The second-order valence-corrected chi connectivity index (χ2v) is 6.93. The molecule has 0 saturated carbocycles. The van der Waals surface area contributed by atoms with Crippen LogP contribution in [0.25, 0.3) is 6.08 Å². The maximum atomic E-state index is 12.8. The summed E-state index contributed by atoms with van der Waals surface area (Å²) in [6.45, 7) is 0.435. The molecule has 0 unspecified atom stereocenters. The molecule has 3 rings (SSSR count). The Morgan fingerprint density at radius 1 is 0.969 bits per heavy atom. The van der Waals surface area contributed by atoms with Gasteiger partial charge in [-0.05, 0) is 60.9 Å². The van der Waals surface area contributed by atoms with Gasteiger partial charge >= 0.3 is 0 Å². The molecule has 7 nitrogen and oxygen atoms in total. The molecule has 1 heterocycles. The Hall–Kier alpha value is -4.00. The van der Waals surface area contributed by atoms with Crippen LogP contribution in [0, 0.1) is 0 Å². The van der Waals surface area contributed by atoms with Gasteiger partial charge in [0.15, 0.2) is 0 Å². The van der Waals surface area contributed by atoms with Crippen molar-refractivity contribution in [2.45, 2.75) is 12.8 Å². The zero-order chi connectivity index (χ0) is 22.8. The van der Waals surface area contributed by atoms with Crippen LogP contribution < -0.4 is 20.1 Å². The van der Waals surface area contributed by atoms with Crippen molar-refractivity contribution in [2.24, 2.45) is 0 Å². The monoisotopic (exact) mass is 434 g/mol. The lowest BCUT2D eigenvalue weighted by atomic mass is 10.1. The molecule has 1 aromatic heterocycles. The van der Waals surface area contributed by atoms with Crippen LogP contribution in [0.3, 0.4) is 0 Å². The molecule has 0 aliphatic heterocycles. The highest BCUT2D eigenvalue weighted by Crippen LogP contribution is 2.18. The lowest BCUT2D eigenvalue weighted by molar-refractivity contribution is -0.117. The Kier molecular flexibility index (Phi) is 8.09. The standard InChI is InChI=1S/C25H26N2O5/c1-30-20-13-11-19(12-14-20)24(28)27-22(17-21-9-6-16-32-21)25(29)26-15-5-8-18-7-3-4-10-23(18)31-2/h3-4,6-7,9-14,16-17H,5,8,15H2,1-2H3,(H,26,29)(H,27,28)/b22-17-. The van der Waals surface area contributed by atoms with Gasteiger partial charge in [-0.25, -0.2) is 0 Å². The lowest BCUT2D eigenvalue weighted by Gasteiger charge is -2.12. The number of amides is 2. The molecule has 2 amide bonds. The largest absolute Gasteiger partial charge is 0.497 e. The number of hydrogen-bond donors (Lipinski definition) is 2. The van der Waals surface area contributed by atoms with Gasteiger partial charge < -0.3 is 24.5 Å². The van der Waals surface area contributed by atoms with Crippen molar-refractivity contribution < 1.29 is 23.5 Å². The van der Waals surface area contributed by atoms with Gasteiger partial charge in [0.05, 0.1) is 20.5 Å². The molecule has 3 aromatic rings. The van der Waals surface area contributed by atoms with Crippen LogP contribution in [-0.2, 0) is 11.2 Å². The fraction of sp³-hybridized carbons (Fsp3) is 0.200. The molecule has 32 heavy (non-hydrogen) atoms. The number of rotatable bonds is 10. The molecule has 0 spiro atoms. The van der Waals surface area contributed by atoms with E-state index in [0.29, 0.717) is 30.0 Å². The molecule has 0 aliphatic rings. The van der Waals surface area contributed by atoms with Gasteiger partial charge in [0.25, 0.3) is 11.8 Å². The van der Waals surface area contributed by atoms with E-state index in [9.17, 15) is 9.59 Å². The number of hydrogen-bond acceptors (Lipinski definition) is 5. The van der Waals surface area contributed by atoms with Gasteiger partial charge in [-0.15, -0.1) is 0 Å². The Morgan fingerprint density at radius 2 is 1.75 bits per heavy atom. The van der Waals surface area contributed by atoms with Crippen LogP contribution >= 0.6 is 0 Å². The van der Waals surface area contributed by atoms with E-state index in [2.05, 4.69) is 10.6 Å². The van der Waals surface area contributed by atoms with Crippen molar-refractivity contribution in [1.82, 2.24) is 10.6 Å². The summed E-state index contributed by atoms with van der Waals surface area (Å²) in [5.74, 6) is 1.11. The van der Waals surface area contributed by atoms with Gasteiger partial charge in [-0.1, -0.05) is 18.2 Å². The zero-order valence-corrected chi connectivity index (χ0v) is 18.1. The Balaban J connectivity index is 1.63. The van der Waals surface area contributed by atoms with Crippen LogP contribution in [0.5, 0.6) is 11.5 Å². The molecular weight excluding hydrogens is 408 g/mol. The second kappa shape index (κ2) is 11.4. The first kappa shape index (κ1) is 22.7. The first-order valence-corrected chi connectivity index (χ1v) is 10.2. The summed E-state index contributed by atoms with van der Waals surface area (Å²) in [5.41, 5.74) is 1.57. The fourth-order valence-corrected chi connectivity index (χ4v) is 3.10. The van der Waals surface area contributed by atoms with Crippen LogP contribution in [0.2, 0.25) is 0 Å². The molecule has 0 fully saturated rings. The van der Waals surface area contributed by atoms with Gasteiger partial charge in [-0.2, -0.15) is 0 Å². The molecular formula is C25H26N2O5. The molecule has 0 saturated heterocycles. The molecule has 0 radical (unpaired) electrons. The minimum Gasteiger partial charge on any atom is -0.497 e. The lowest BCUT2D eigenvalue weighted by Crippen LogP contribution is -2.35. The molecule has 7 heteroatoms. The Morgan fingerprint density at radius 3 is 2.44 bits per heavy atom. The number of furan rings is 1. The quantitative estimate of drug-likeness (QED) is 0.374. The normalized spacial score (nSPS) is 11.0. The van der Waals surface area contributed by atoms with E-state index in [4.69, 9.17) is 13.9 Å². The summed E-state index contributed by atoms with van der Waals surface area (Å²) in [6.07, 6.45) is 4.46. The average Bonchev–Trinajstić information content (AvgIpc) is 3.34. The molecule has 166 valence electrons. The second-order valence-electron chi connectivity index (χ2n) is 6.93. The topological polar surface area (TPSA) is 89.8 Å². The van der Waals surface area contributed by atoms with E-state index in [1.54, 1.807) is 50.6 Å². The summed E-state index contributed by atoms with van der Waals surface area (Å²) in [7, 11) is 3.19. The van der Waals surface area contributed by atoms with E-state index >= 15 is 0 Å². The summed E-state index contributed by atoms with van der Waals surface area (Å²) in [6, 6.07) is 17.8. The number of carbonyl (C=O) groups excluding carboxylic acids is 2. The average molecular weight is 434 g/mol. The Bertz CT molecular complexity index is 1060. The predicted molar refractivity (Wildman–Crippen MR) is 121 cm³/mol. The molecule has 0 bridgehead atoms. The fourth-order valence-electron chi connectivity index (χ4n) is 3.10. The third-order valence-corrected chi connectivity index (χ3v) is 4.78. The van der Waals surface area contributed by atoms with E-state index in [1.165, 1.54) is 12.3 Å². The number of carbonyl (C=O) groups is 2. The summed E-state index contributed by atoms with van der Waals surface area (Å²) in [5, 5.41) is 5.53. The predicted octanol–water partition coefficient (Wildman–Crippen LogP) is 3.82. The molecule has 2 N–H and O–H groups in total. The summed E-state index contributed by atoms with van der Waals surface area (Å²) >= 11 is 0. The van der Waals surface area contributed by atoms with Gasteiger partial charge in [0.1, 0.15) is 23.0 Å². The number of aryl methyl sites for hydroxylation is 1. The molecule has 0 atom stereocenters. The van der Waals surface area contributed by atoms with Gasteiger partial charge in [0.2, 0.25) is 0 Å². The SMILES string of the molecule is COc1ccc(C(=O)N/C(=C\c2ccco2)C(=O)NCCCc2ccccc2OC)cc1. The first-order valence-electron chi connectivity index (χ1n) is 10.2. The zero-order valence-electron chi connectivity index (χ0n) is 18.1. The maximum absolute atomic E-state index is 12.8. The first-order chi connectivity index (χ1) is 15.6. The van der Waals surface area contributed by atoms with Crippen molar-refractivity contribution in [2.75, 3.05) is 20.8 Å². The number of methoxy groups -OCH3 is 2. The van der Waals surface area contributed by atoms with Gasteiger partial charge in [0, 0.05) is 18.2 Å². The third-order valence-electron chi connectivity index (χ3n) is 4.78. The molecule has 2 aromatic carbocycles. The highest BCUT2D eigenvalue weighted by atomic mass is 16.5. The third kappa shape index (κ3) is 6.25. The van der Waals surface area contributed by atoms with Crippen LogP contribution in [0.15, 0.2) is 77.0 Å². The van der Waals surface area contributed by atoms with Crippen LogP contribution in [-0.4, -0.2) is 32.6 Å². The minimum atomic E-state index is -0.408. The number of ether oxygens (including phenoxy) is 2. The van der Waals surface area contributed by atoms with Crippen LogP contribution in [0.1, 0.15) is 28.1 Å². The minimum absolute atomic E-state index is 0.0954. The van der Waals surface area contributed by atoms with Crippen molar-refractivity contribution >= 4 is 17.9 Å². The van der Waals surface area contributed by atoms with Crippen molar-refractivity contribution in [3.8, 4) is 11.5 Å². The smallest absolute Gasteiger partial charge is 0.267 e. The van der Waals surface area contributed by atoms with E-state index in [-0.39, 0.29) is 5.70 Å².